The summed E-state index contributed by atoms with van der Waals surface area (Å²) in [5.74, 6) is -1.62. The van der Waals surface area contributed by atoms with Crippen molar-refractivity contribution in [2.75, 3.05) is 19.0 Å². The van der Waals surface area contributed by atoms with Crippen LogP contribution < -0.4 is 21.1 Å². The lowest BCUT2D eigenvalue weighted by Gasteiger charge is -2.21. The lowest BCUT2D eigenvalue weighted by atomic mass is 9.93. The standard InChI is InChI=1S/C26H27N3O5/c1-17-9-6-7-12-19(17)21(15-28-26(32)34-16-18-10-4-3-5-11-18)25(31)29-23-20(24(27)30)13-8-14-22(23)33-2/h3-14,21H,15-16H2,1-2H3,(H2,27,30)(H,28,32)(H,29,31). The first kappa shape index (κ1) is 24.3. The Hall–Kier alpha value is -4.33. The number of hydrogen-bond acceptors (Lipinski definition) is 5. The summed E-state index contributed by atoms with van der Waals surface area (Å²) in [6.45, 7) is 1.96. The molecule has 0 fully saturated rings. The van der Waals surface area contributed by atoms with E-state index in [0.717, 1.165) is 16.7 Å². The summed E-state index contributed by atoms with van der Waals surface area (Å²) in [7, 11) is 1.43. The summed E-state index contributed by atoms with van der Waals surface area (Å²) in [5, 5.41) is 5.43. The zero-order valence-electron chi connectivity index (χ0n) is 19.0. The third-order valence-electron chi connectivity index (χ3n) is 5.30. The van der Waals surface area contributed by atoms with E-state index in [0.29, 0.717) is 5.75 Å². The second-order valence-corrected chi connectivity index (χ2v) is 7.59. The van der Waals surface area contributed by atoms with E-state index in [2.05, 4.69) is 10.6 Å². The van der Waals surface area contributed by atoms with E-state index >= 15 is 0 Å². The van der Waals surface area contributed by atoms with Gasteiger partial charge in [0.15, 0.2) is 0 Å². The number of methoxy groups -OCH3 is 1. The van der Waals surface area contributed by atoms with E-state index in [1.165, 1.54) is 13.2 Å². The Morgan fingerprint density at radius 3 is 2.32 bits per heavy atom. The highest BCUT2D eigenvalue weighted by atomic mass is 16.5. The molecular formula is C26H27N3O5. The largest absolute Gasteiger partial charge is 0.495 e. The number of carbonyl (C=O) groups excluding carboxylic acids is 3. The first-order chi connectivity index (χ1) is 16.4. The maximum absolute atomic E-state index is 13.4. The van der Waals surface area contributed by atoms with Crippen molar-refractivity contribution in [1.29, 1.82) is 0 Å². The van der Waals surface area contributed by atoms with Crippen LogP contribution in [-0.4, -0.2) is 31.6 Å². The van der Waals surface area contributed by atoms with E-state index in [1.807, 2.05) is 61.5 Å². The zero-order chi connectivity index (χ0) is 24.5. The average Bonchev–Trinajstić information content (AvgIpc) is 2.84. The number of aryl methyl sites for hydroxylation is 1. The fourth-order valence-electron chi connectivity index (χ4n) is 3.53. The van der Waals surface area contributed by atoms with Crippen molar-refractivity contribution >= 4 is 23.6 Å². The minimum Gasteiger partial charge on any atom is -0.495 e. The van der Waals surface area contributed by atoms with Crippen LogP contribution in [0.25, 0.3) is 0 Å². The number of amides is 3. The predicted molar refractivity (Wildman–Crippen MR) is 129 cm³/mol. The Labute approximate surface area is 198 Å². The number of hydrogen-bond donors (Lipinski definition) is 3. The van der Waals surface area contributed by atoms with Crippen molar-refractivity contribution in [1.82, 2.24) is 5.32 Å². The van der Waals surface area contributed by atoms with E-state index in [-0.39, 0.29) is 24.4 Å². The molecule has 176 valence electrons. The third-order valence-corrected chi connectivity index (χ3v) is 5.30. The highest BCUT2D eigenvalue weighted by Crippen LogP contribution is 2.30. The quantitative estimate of drug-likeness (QED) is 0.448. The van der Waals surface area contributed by atoms with Crippen molar-refractivity contribution in [2.24, 2.45) is 5.73 Å². The van der Waals surface area contributed by atoms with Gasteiger partial charge >= 0.3 is 6.09 Å². The van der Waals surface area contributed by atoms with Crippen molar-refractivity contribution < 1.29 is 23.9 Å². The SMILES string of the molecule is COc1cccc(C(N)=O)c1NC(=O)C(CNC(=O)OCc1ccccc1)c1ccccc1C. The van der Waals surface area contributed by atoms with E-state index in [9.17, 15) is 14.4 Å². The third kappa shape index (κ3) is 6.13. The molecule has 0 saturated carbocycles. The summed E-state index contributed by atoms with van der Waals surface area (Å²) in [6.07, 6.45) is -0.648. The number of nitrogens with one attached hydrogen (secondary N) is 2. The average molecular weight is 462 g/mol. The van der Waals surface area contributed by atoms with Crippen LogP contribution in [0.2, 0.25) is 0 Å². The summed E-state index contributed by atoms with van der Waals surface area (Å²) in [5.41, 5.74) is 8.22. The summed E-state index contributed by atoms with van der Waals surface area (Å²) < 4.78 is 10.6. The van der Waals surface area contributed by atoms with E-state index in [4.69, 9.17) is 15.2 Å². The van der Waals surface area contributed by atoms with Gasteiger partial charge in [0.2, 0.25) is 5.91 Å². The molecule has 0 aliphatic carbocycles. The number of anilines is 1. The molecule has 0 spiro atoms. The lowest BCUT2D eigenvalue weighted by molar-refractivity contribution is -0.117. The second kappa shape index (κ2) is 11.5. The molecule has 4 N–H and O–H groups in total. The molecule has 0 aliphatic heterocycles. The summed E-state index contributed by atoms with van der Waals surface area (Å²) in [4.78, 5) is 37.6. The Morgan fingerprint density at radius 1 is 0.941 bits per heavy atom. The number of carbonyl (C=O) groups is 3. The van der Waals surface area contributed by atoms with Gasteiger partial charge in [-0.25, -0.2) is 4.79 Å². The number of ether oxygens (including phenoxy) is 2. The van der Waals surface area contributed by atoms with Gasteiger partial charge in [0.25, 0.3) is 5.91 Å². The molecule has 0 aromatic heterocycles. The minimum absolute atomic E-state index is 0.0225. The number of primary amides is 1. The van der Waals surface area contributed by atoms with Crippen molar-refractivity contribution in [3.05, 3.63) is 95.1 Å². The number of benzene rings is 3. The molecule has 0 aliphatic rings. The van der Waals surface area contributed by atoms with Crippen LogP contribution >= 0.6 is 0 Å². The van der Waals surface area contributed by atoms with Gasteiger partial charge in [0.1, 0.15) is 12.4 Å². The molecule has 0 heterocycles. The Kier molecular flexibility index (Phi) is 8.23. The minimum atomic E-state index is -0.767. The van der Waals surface area contributed by atoms with Crippen LogP contribution in [0.4, 0.5) is 10.5 Å². The molecule has 3 aromatic carbocycles. The van der Waals surface area contributed by atoms with Crippen LogP contribution in [0.5, 0.6) is 5.75 Å². The van der Waals surface area contributed by atoms with Crippen LogP contribution in [0, 0.1) is 6.92 Å². The van der Waals surface area contributed by atoms with Crippen LogP contribution in [-0.2, 0) is 16.1 Å². The van der Waals surface area contributed by atoms with Gasteiger partial charge in [0, 0.05) is 6.54 Å². The van der Waals surface area contributed by atoms with Gasteiger partial charge in [-0.05, 0) is 35.7 Å². The highest BCUT2D eigenvalue weighted by molar-refractivity contribution is 6.06. The van der Waals surface area contributed by atoms with Gasteiger partial charge in [-0.3, -0.25) is 9.59 Å². The Morgan fingerprint density at radius 2 is 1.65 bits per heavy atom. The molecule has 8 nitrogen and oxygen atoms in total. The molecule has 34 heavy (non-hydrogen) atoms. The number of para-hydroxylation sites is 1. The van der Waals surface area contributed by atoms with Crippen LogP contribution in [0.15, 0.2) is 72.8 Å². The number of rotatable bonds is 9. The van der Waals surface area contributed by atoms with Crippen molar-refractivity contribution in [2.45, 2.75) is 19.4 Å². The molecule has 3 rings (SSSR count). The first-order valence-corrected chi connectivity index (χ1v) is 10.7. The van der Waals surface area contributed by atoms with Gasteiger partial charge in [-0.15, -0.1) is 0 Å². The molecule has 0 saturated heterocycles. The maximum Gasteiger partial charge on any atom is 0.407 e. The van der Waals surface area contributed by atoms with E-state index in [1.54, 1.807) is 12.1 Å². The highest BCUT2D eigenvalue weighted by Gasteiger charge is 2.26. The van der Waals surface area contributed by atoms with Gasteiger partial charge < -0.3 is 25.8 Å². The molecule has 0 radical (unpaired) electrons. The topological polar surface area (TPSA) is 120 Å². The smallest absolute Gasteiger partial charge is 0.407 e. The monoisotopic (exact) mass is 461 g/mol. The zero-order valence-corrected chi connectivity index (χ0v) is 19.0. The van der Waals surface area contributed by atoms with Gasteiger partial charge in [-0.2, -0.15) is 0 Å². The van der Waals surface area contributed by atoms with Crippen molar-refractivity contribution in [3.63, 3.8) is 0 Å². The molecule has 1 unspecified atom stereocenters. The molecular weight excluding hydrogens is 434 g/mol. The fourth-order valence-corrected chi connectivity index (χ4v) is 3.53. The summed E-state index contributed by atoms with van der Waals surface area (Å²) in [6, 6.07) is 21.4. The van der Waals surface area contributed by atoms with Crippen molar-refractivity contribution in [3.8, 4) is 5.75 Å². The van der Waals surface area contributed by atoms with Gasteiger partial charge in [-0.1, -0.05) is 60.7 Å². The molecule has 0 bridgehead atoms. The first-order valence-electron chi connectivity index (χ1n) is 10.7. The van der Waals surface area contributed by atoms with Crippen LogP contribution in [0.1, 0.15) is 33.0 Å². The molecule has 3 amide bonds. The fraction of sp³-hybridized carbons (Fsp3) is 0.192. The van der Waals surface area contributed by atoms with Gasteiger partial charge in [0.05, 0.1) is 24.3 Å². The lowest BCUT2D eigenvalue weighted by Crippen LogP contribution is -2.35. The van der Waals surface area contributed by atoms with E-state index < -0.39 is 23.8 Å². The molecule has 3 aromatic rings. The number of nitrogens with two attached hydrogens (primary N) is 1. The molecule has 8 heteroatoms. The molecule has 1 atom stereocenters. The second-order valence-electron chi connectivity index (χ2n) is 7.59. The Bertz CT molecular complexity index is 1160. The van der Waals surface area contributed by atoms with Crippen LogP contribution in [0.3, 0.4) is 0 Å². The predicted octanol–water partition coefficient (Wildman–Crippen LogP) is 3.75. The summed E-state index contributed by atoms with van der Waals surface area (Å²) >= 11 is 0. The number of alkyl carbamates (subject to hydrolysis) is 1. The Balaban J connectivity index is 1.79. The maximum atomic E-state index is 13.4. The normalized spacial score (nSPS) is 11.2.